The van der Waals surface area contributed by atoms with Crippen LogP contribution in [0.25, 0.3) is 22.5 Å². The first-order chi connectivity index (χ1) is 14.9. The minimum Gasteiger partial charge on any atom is -0.508 e. The van der Waals surface area contributed by atoms with E-state index in [1.165, 1.54) is 17.2 Å². The molecule has 0 aliphatic carbocycles. The van der Waals surface area contributed by atoms with Gasteiger partial charge in [0, 0.05) is 25.7 Å². The first-order valence-electron chi connectivity index (χ1n) is 10.6. The number of carbonyl (C=O) groups excluding carboxylic acids is 1. The van der Waals surface area contributed by atoms with E-state index in [-0.39, 0.29) is 23.1 Å². The maximum Gasteiger partial charge on any atom is 0.274 e. The molecule has 0 saturated carbocycles. The van der Waals surface area contributed by atoms with E-state index in [0.29, 0.717) is 35.4 Å². The molecule has 4 rings (SSSR count). The van der Waals surface area contributed by atoms with Crippen LogP contribution < -0.4 is 5.32 Å². The zero-order valence-corrected chi connectivity index (χ0v) is 18.0. The lowest BCUT2D eigenvalue weighted by molar-refractivity contribution is 0.0947. The molecule has 1 aliphatic heterocycles. The van der Waals surface area contributed by atoms with E-state index in [2.05, 4.69) is 34.6 Å². The molecule has 0 spiro atoms. The fraction of sp³-hybridized carbons (Fsp3) is 0.333. The highest BCUT2D eigenvalue weighted by Gasteiger charge is 2.27. The van der Waals surface area contributed by atoms with Crippen LogP contribution in [0.5, 0.6) is 11.5 Å². The monoisotopic (exact) mass is 421 g/mol. The number of hydrogen-bond donors (Lipinski definition) is 3. The number of carbonyl (C=O) groups is 1. The SMILES string of the molecule is CCNC(=O)c1noc(-c2cc(CC)c(O)cc2O)c1-c1ccc2c(c1)CCN(C)C2. The molecule has 3 N–H and O–H groups in total. The van der Waals surface area contributed by atoms with Crippen LogP contribution in [-0.2, 0) is 19.4 Å². The molecular formula is C24H27N3O4. The third-order valence-electron chi connectivity index (χ3n) is 5.77. The maximum absolute atomic E-state index is 12.7. The van der Waals surface area contributed by atoms with E-state index in [9.17, 15) is 15.0 Å². The van der Waals surface area contributed by atoms with Crippen LogP contribution in [0.2, 0.25) is 0 Å². The molecule has 0 atom stereocenters. The van der Waals surface area contributed by atoms with Crippen molar-refractivity contribution in [2.45, 2.75) is 33.2 Å². The van der Waals surface area contributed by atoms with Gasteiger partial charge in [-0.05, 0) is 55.1 Å². The minimum absolute atomic E-state index is 0.0201. The second kappa shape index (κ2) is 8.43. The van der Waals surface area contributed by atoms with Gasteiger partial charge in [0.2, 0.25) is 0 Å². The molecule has 0 bridgehead atoms. The fourth-order valence-corrected chi connectivity index (χ4v) is 4.08. The fourth-order valence-electron chi connectivity index (χ4n) is 4.08. The first-order valence-corrected chi connectivity index (χ1v) is 10.6. The zero-order chi connectivity index (χ0) is 22.1. The van der Waals surface area contributed by atoms with E-state index in [0.717, 1.165) is 25.1 Å². The van der Waals surface area contributed by atoms with Crippen LogP contribution in [0.4, 0.5) is 0 Å². The molecule has 2 aromatic carbocycles. The summed E-state index contributed by atoms with van der Waals surface area (Å²) in [6, 6.07) is 9.11. The first kappa shape index (κ1) is 20.9. The van der Waals surface area contributed by atoms with E-state index < -0.39 is 0 Å². The number of phenolic OH excluding ortho intramolecular Hbond substituents is 2. The van der Waals surface area contributed by atoms with Gasteiger partial charge >= 0.3 is 0 Å². The summed E-state index contributed by atoms with van der Waals surface area (Å²) >= 11 is 0. The van der Waals surface area contributed by atoms with Crippen molar-refractivity contribution in [3.05, 3.63) is 52.7 Å². The van der Waals surface area contributed by atoms with Gasteiger partial charge in [0.1, 0.15) is 11.5 Å². The van der Waals surface area contributed by atoms with Crippen molar-refractivity contribution in [1.29, 1.82) is 0 Å². The summed E-state index contributed by atoms with van der Waals surface area (Å²) in [6.45, 7) is 6.06. The van der Waals surface area contributed by atoms with Crippen molar-refractivity contribution in [3.8, 4) is 33.9 Å². The van der Waals surface area contributed by atoms with Gasteiger partial charge in [-0.2, -0.15) is 0 Å². The van der Waals surface area contributed by atoms with Crippen LogP contribution in [0.15, 0.2) is 34.9 Å². The van der Waals surface area contributed by atoms with Crippen molar-refractivity contribution in [2.24, 2.45) is 0 Å². The van der Waals surface area contributed by atoms with E-state index in [1.54, 1.807) is 6.07 Å². The number of aromatic hydroxyl groups is 2. The lowest BCUT2D eigenvalue weighted by Gasteiger charge is -2.25. The van der Waals surface area contributed by atoms with E-state index >= 15 is 0 Å². The highest BCUT2D eigenvalue weighted by atomic mass is 16.5. The van der Waals surface area contributed by atoms with Gasteiger partial charge < -0.3 is 25.0 Å². The molecule has 3 aromatic rings. The third kappa shape index (κ3) is 3.88. The lowest BCUT2D eigenvalue weighted by atomic mass is 9.92. The predicted octanol–water partition coefficient (Wildman–Crippen LogP) is 3.72. The predicted molar refractivity (Wildman–Crippen MR) is 118 cm³/mol. The van der Waals surface area contributed by atoms with Crippen LogP contribution in [0.3, 0.4) is 0 Å². The van der Waals surface area contributed by atoms with Gasteiger partial charge in [-0.1, -0.05) is 30.3 Å². The van der Waals surface area contributed by atoms with Gasteiger partial charge in [0.15, 0.2) is 11.5 Å². The molecule has 0 unspecified atom stereocenters. The standard InChI is InChI=1S/C24H27N3O4/c1-4-14-11-18(20(29)12-19(14)28)23-21(22(26-31-23)24(30)25-5-2)16-6-7-17-13-27(3)9-8-15(17)10-16/h6-7,10-12,28-29H,4-5,8-9,13H2,1-3H3,(H,25,30). The summed E-state index contributed by atoms with van der Waals surface area (Å²) in [7, 11) is 2.10. The second-order valence-electron chi connectivity index (χ2n) is 7.92. The molecule has 0 fully saturated rings. The van der Waals surface area contributed by atoms with Gasteiger partial charge in [-0.15, -0.1) is 0 Å². The molecule has 0 radical (unpaired) electrons. The number of nitrogens with one attached hydrogen (secondary N) is 1. The average molecular weight is 421 g/mol. The second-order valence-corrected chi connectivity index (χ2v) is 7.92. The molecule has 1 amide bonds. The summed E-state index contributed by atoms with van der Waals surface area (Å²) in [5.74, 6) is -0.138. The number of aromatic nitrogens is 1. The summed E-state index contributed by atoms with van der Waals surface area (Å²) in [5.41, 5.74) is 5.08. The Kier molecular flexibility index (Phi) is 5.69. The average Bonchev–Trinajstić information content (AvgIpc) is 3.18. The highest BCUT2D eigenvalue weighted by Crippen LogP contribution is 2.42. The van der Waals surface area contributed by atoms with Gasteiger partial charge in [0.25, 0.3) is 5.91 Å². The van der Waals surface area contributed by atoms with Crippen molar-refractivity contribution in [3.63, 3.8) is 0 Å². The number of likely N-dealkylation sites (N-methyl/N-ethyl adjacent to an activating group) is 1. The molecule has 2 heterocycles. The molecule has 31 heavy (non-hydrogen) atoms. The third-order valence-corrected chi connectivity index (χ3v) is 5.77. The number of rotatable bonds is 5. The Balaban J connectivity index is 1.91. The number of nitrogens with zero attached hydrogens (tertiary/aromatic N) is 2. The number of aryl methyl sites for hydroxylation is 1. The minimum atomic E-state index is -0.334. The van der Waals surface area contributed by atoms with Crippen LogP contribution in [0.1, 0.15) is 41.0 Å². The summed E-state index contributed by atoms with van der Waals surface area (Å²) < 4.78 is 5.62. The number of hydrogen-bond acceptors (Lipinski definition) is 6. The van der Waals surface area contributed by atoms with Crippen molar-refractivity contribution in [1.82, 2.24) is 15.4 Å². The maximum atomic E-state index is 12.7. The van der Waals surface area contributed by atoms with Gasteiger partial charge in [-0.25, -0.2) is 0 Å². The Hall–Kier alpha value is -3.32. The Bertz CT molecular complexity index is 1140. The molecular weight excluding hydrogens is 394 g/mol. The molecule has 1 aliphatic rings. The van der Waals surface area contributed by atoms with Crippen molar-refractivity contribution in [2.75, 3.05) is 20.1 Å². The molecule has 0 saturated heterocycles. The molecule has 7 nitrogen and oxygen atoms in total. The Labute approximate surface area is 181 Å². The number of benzene rings is 2. The van der Waals surface area contributed by atoms with Crippen LogP contribution in [-0.4, -0.2) is 46.3 Å². The number of fused-ring (bicyclic) bond motifs is 1. The van der Waals surface area contributed by atoms with Crippen molar-refractivity contribution < 1.29 is 19.5 Å². The summed E-state index contributed by atoms with van der Waals surface area (Å²) in [6.07, 6.45) is 1.50. The quantitative estimate of drug-likeness (QED) is 0.581. The topological polar surface area (TPSA) is 98.8 Å². The van der Waals surface area contributed by atoms with Crippen molar-refractivity contribution >= 4 is 5.91 Å². The van der Waals surface area contributed by atoms with Gasteiger partial charge in [0.05, 0.1) is 11.1 Å². The Morgan fingerprint density at radius 1 is 1.16 bits per heavy atom. The molecule has 1 aromatic heterocycles. The van der Waals surface area contributed by atoms with Crippen LogP contribution in [0, 0.1) is 0 Å². The number of phenols is 2. The van der Waals surface area contributed by atoms with Crippen LogP contribution >= 0.6 is 0 Å². The zero-order valence-electron chi connectivity index (χ0n) is 18.0. The number of amides is 1. The van der Waals surface area contributed by atoms with E-state index in [1.807, 2.05) is 19.9 Å². The normalized spacial score (nSPS) is 13.8. The molecule has 162 valence electrons. The Morgan fingerprint density at radius 3 is 2.71 bits per heavy atom. The summed E-state index contributed by atoms with van der Waals surface area (Å²) in [5, 5.41) is 27.5. The summed E-state index contributed by atoms with van der Waals surface area (Å²) in [4.78, 5) is 15.0. The Morgan fingerprint density at radius 2 is 1.97 bits per heavy atom. The largest absolute Gasteiger partial charge is 0.508 e. The lowest BCUT2D eigenvalue weighted by Crippen LogP contribution is -2.26. The highest BCUT2D eigenvalue weighted by molar-refractivity contribution is 6.02. The van der Waals surface area contributed by atoms with E-state index in [4.69, 9.17) is 4.52 Å². The smallest absolute Gasteiger partial charge is 0.274 e. The van der Waals surface area contributed by atoms with Gasteiger partial charge in [-0.3, -0.25) is 4.79 Å². The molecule has 7 heteroatoms.